The highest BCUT2D eigenvalue weighted by Crippen LogP contribution is 2.47. The van der Waals surface area contributed by atoms with Crippen LogP contribution in [0.5, 0.6) is 0 Å². The van der Waals surface area contributed by atoms with Crippen LogP contribution in [0.4, 0.5) is 0 Å². The maximum Gasteiger partial charge on any atom is 0.0574 e. The van der Waals surface area contributed by atoms with Crippen molar-refractivity contribution in [2.24, 2.45) is 23.2 Å². The lowest BCUT2D eigenvalue weighted by atomic mass is 9.61. The first-order chi connectivity index (χ1) is 7.29. The minimum Gasteiger partial charge on any atom is -0.393 e. The third kappa shape index (κ3) is 2.68. The van der Waals surface area contributed by atoms with Crippen LogP contribution in [-0.2, 0) is 0 Å². The molecular weight excluding hydrogens is 196 g/mol. The van der Waals surface area contributed by atoms with Gasteiger partial charge in [-0.25, -0.2) is 0 Å². The summed E-state index contributed by atoms with van der Waals surface area (Å²) < 4.78 is 0. The Hall–Kier alpha value is -0.300. The number of aliphatic hydroxyl groups is 1. The third-order valence-corrected chi connectivity index (χ3v) is 4.92. The van der Waals surface area contributed by atoms with E-state index in [1.54, 1.807) is 0 Å². The van der Waals surface area contributed by atoms with Crippen LogP contribution >= 0.6 is 0 Å². The lowest BCUT2D eigenvalue weighted by Gasteiger charge is -2.46. The zero-order valence-corrected chi connectivity index (χ0v) is 11.6. The molecule has 0 saturated heterocycles. The fourth-order valence-electron chi connectivity index (χ4n) is 3.09. The summed E-state index contributed by atoms with van der Waals surface area (Å²) in [7, 11) is 0. The van der Waals surface area contributed by atoms with E-state index in [0.717, 1.165) is 6.42 Å². The van der Waals surface area contributed by atoms with Crippen molar-refractivity contribution in [1.82, 2.24) is 0 Å². The second-order valence-corrected chi connectivity index (χ2v) is 6.39. The summed E-state index contributed by atoms with van der Waals surface area (Å²) in [5.74, 6) is 1.55. The van der Waals surface area contributed by atoms with Gasteiger partial charge in [0.25, 0.3) is 0 Å². The van der Waals surface area contributed by atoms with Gasteiger partial charge in [0.1, 0.15) is 0 Å². The van der Waals surface area contributed by atoms with Gasteiger partial charge in [-0.05, 0) is 42.9 Å². The Labute approximate surface area is 101 Å². The molecule has 1 nitrogen and oxygen atoms in total. The van der Waals surface area contributed by atoms with Gasteiger partial charge in [0.05, 0.1) is 6.10 Å². The van der Waals surface area contributed by atoms with Gasteiger partial charge in [-0.15, -0.1) is 0 Å². The molecule has 0 amide bonds. The number of hydrogen-bond acceptors (Lipinski definition) is 1. The predicted octanol–water partition coefficient (Wildman–Crippen LogP) is 4.02. The molecular formula is C15H28O. The summed E-state index contributed by atoms with van der Waals surface area (Å²) in [5, 5.41) is 10.2. The van der Waals surface area contributed by atoms with Crippen molar-refractivity contribution in [1.29, 1.82) is 0 Å². The SMILES string of the molecule is C=C(C)[C@@H]1C[C@H](O)[C@H](C)[C@@H](C(C)(C)CC)C1. The van der Waals surface area contributed by atoms with Crippen LogP contribution in [0.3, 0.4) is 0 Å². The molecule has 1 saturated carbocycles. The molecule has 0 aromatic carbocycles. The second kappa shape index (κ2) is 4.91. The van der Waals surface area contributed by atoms with Gasteiger partial charge in [-0.3, -0.25) is 0 Å². The van der Waals surface area contributed by atoms with E-state index in [1.807, 2.05) is 0 Å². The Kier molecular flexibility index (Phi) is 4.23. The molecule has 1 aliphatic rings. The first kappa shape index (κ1) is 13.8. The van der Waals surface area contributed by atoms with Crippen LogP contribution in [-0.4, -0.2) is 11.2 Å². The van der Waals surface area contributed by atoms with Gasteiger partial charge in [-0.1, -0.05) is 46.3 Å². The zero-order chi connectivity index (χ0) is 12.5. The minimum atomic E-state index is -0.147. The fraction of sp³-hybridized carbons (Fsp3) is 0.867. The molecule has 4 atom stereocenters. The maximum absolute atomic E-state index is 10.2. The molecule has 1 heteroatoms. The van der Waals surface area contributed by atoms with E-state index >= 15 is 0 Å². The summed E-state index contributed by atoms with van der Waals surface area (Å²) >= 11 is 0. The van der Waals surface area contributed by atoms with Crippen molar-refractivity contribution >= 4 is 0 Å². The number of aliphatic hydroxyl groups excluding tert-OH is 1. The Bertz CT molecular complexity index is 254. The first-order valence-electron chi connectivity index (χ1n) is 6.63. The monoisotopic (exact) mass is 224 g/mol. The Balaban J connectivity index is 2.86. The fourth-order valence-corrected chi connectivity index (χ4v) is 3.09. The van der Waals surface area contributed by atoms with E-state index in [4.69, 9.17) is 0 Å². The van der Waals surface area contributed by atoms with Gasteiger partial charge in [-0.2, -0.15) is 0 Å². The van der Waals surface area contributed by atoms with Gasteiger partial charge in [0, 0.05) is 0 Å². The Morgan fingerprint density at radius 1 is 1.38 bits per heavy atom. The highest BCUT2D eigenvalue weighted by molar-refractivity contribution is 5.03. The molecule has 1 aliphatic carbocycles. The number of allylic oxidation sites excluding steroid dienone is 1. The molecule has 94 valence electrons. The molecule has 0 bridgehead atoms. The smallest absolute Gasteiger partial charge is 0.0574 e. The largest absolute Gasteiger partial charge is 0.393 e. The van der Waals surface area contributed by atoms with E-state index in [2.05, 4.69) is 41.2 Å². The van der Waals surface area contributed by atoms with Crippen molar-refractivity contribution in [3.63, 3.8) is 0 Å². The van der Waals surface area contributed by atoms with Gasteiger partial charge in [0.15, 0.2) is 0 Å². The number of rotatable bonds is 3. The van der Waals surface area contributed by atoms with E-state index in [1.165, 1.54) is 18.4 Å². The molecule has 0 heterocycles. The van der Waals surface area contributed by atoms with E-state index in [-0.39, 0.29) is 6.10 Å². The first-order valence-corrected chi connectivity index (χ1v) is 6.63. The van der Waals surface area contributed by atoms with Gasteiger partial charge < -0.3 is 5.11 Å². The summed E-state index contributed by atoms with van der Waals surface area (Å²) in [6, 6.07) is 0. The van der Waals surface area contributed by atoms with E-state index in [9.17, 15) is 5.11 Å². The molecule has 1 N–H and O–H groups in total. The van der Waals surface area contributed by atoms with E-state index in [0.29, 0.717) is 23.2 Å². The Morgan fingerprint density at radius 2 is 1.94 bits per heavy atom. The van der Waals surface area contributed by atoms with Crippen LogP contribution in [0.15, 0.2) is 12.2 Å². The topological polar surface area (TPSA) is 20.2 Å². The highest BCUT2D eigenvalue weighted by Gasteiger charge is 2.41. The van der Waals surface area contributed by atoms with Gasteiger partial charge in [0.2, 0.25) is 0 Å². The molecule has 1 fully saturated rings. The van der Waals surface area contributed by atoms with Crippen molar-refractivity contribution in [3.8, 4) is 0 Å². The van der Waals surface area contributed by atoms with Crippen LogP contribution in [0, 0.1) is 23.2 Å². The maximum atomic E-state index is 10.2. The van der Waals surface area contributed by atoms with Crippen LogP contribution in [0.1, 0.15) is 53.9 Å². The van der Waals surface area contributed by atoms with E-state index < -0.39 is 0 Å². The molecule has 0 unspecified atom stereocenters. The molecule has 0 aliphatic heterocycles. The van der Waals surface area contributed by atoms with Crippen molar-refractivity contribution in [2.45, 2.75) is 60.0 Å². The van der Waals surface area contributed by atoms with Crippen LogP contribution in [0.2, 0.25) is 0 Å². The highest BCUT2D eigenvalue weighted by atomic mass is 16.3. The van der Waals surface area contributed by atoms with Crippen molar-refractivity contribution in [2.75, 3.05) is 0 Å². The Morgan fingerprint density at radius 3 is 2.38 bits per heavy atom. The van der Waals surface area contributed by atoms with Crippen LogP contribution in [0.25, 0.3) is 0 Å². The lowest BCUT2D eigenvalue weighted by molar-refractivity contribution is -0.0237. The quantitative estimate of drug-likeness (QED) is 0.718. The number of hydrogen-bond donors (Lipinski definition) is 1. The van der Waals surface area contributed by atoms with Crippen molar-refractivity contribution in [3.05, 3.63) is 12.2 Å². The summed E-state index contributed by atoms with van der Waals surface area (Å²) in [6.45, 7) is 15.3. The normalized spacial score (nSPS) is 36.1. The average Bonchev–Trinajstić information content (AvgIpc) is 2.21. The third-order valence-electron chi connectivity index (χ3n) is 4.92. The molecule has 0 aromatic heterocycles. The van der Waals surface area contributed by atoms with Crippen LogP contribution < -0.4 is 0 Å². The average molecular weight is 224 g/mol. The van der Waals surface area contributed by atoms with Crippen molar-refractivity contribution < 1.29 is 5.11 Å². The summed E-state index contributed by atoms with van der Waals surface area (Å²) in [5.41, 5.74) is 1.57. The minimum absolute atomic E-state index is 0.147. The molecule has 0 spiro atoms. The van der Waals surface area contributed by atoms with Gasteiger partial charge >= 0.3 is 0 Å². The molecule has 0 aromatic rings. The molecule has 1 rings (SSSR count). The lowest BCUT2D eigenvalue weighted by Crippen LogP contribution is -2.42. The predicted molar refractivity (Wildman–Crippen MR) is 70.3 cm³/mol. The zero-order valence-electron chi connectivity index (χ0n) is 11.6. The molecule has 0 radical (unpaired) electrons. The standard InChI is InChI=1S/C15H28O/c1-7-15(5,6)13-8-12(10(2)3)9-14(16)11(13)4/h11-14,16H,2,7-9H2,1,3-6H3/t11-,12+,13+,14+/m1/s1. The molecule has 16 heavy (non-hydrogen) atoms. The second-order valence-electron chi connectivity index (χ2n) is 6.39. The summed E-state index contributed by atoms with van der Waals surface area (Å²) in [4.78, 5) is 0. The summed E-state index contributed by atoms with van der Waals surface area (Å²) in [6.07, 6.45) is 3.14.